The molecular formula is C16H18F2N4. The molecule has 1 aromatic heterocycles. The second-order valence-corrected chi connectivity index (χ2v) is 5.50. The molecule has 4 nitrogen and oxygen atoms in total. The van der Waals surface area contributed by atoms with Crippen molar-refractivity contribution >= 4 is 17.5 Å². The van der Waals surface area contributed by atoms with E-state index in [-0.39, 0.29) is 0 Å². The highest BCUT2D eigenvalue weighted by molar-refractivity contribution is 5.57. The van der Waals surface area contributed by atoms with Crippen molar-refractivity contribution in [2.24, 2.45) is 0 Å². The summed E-state index contributed by atoms with van der Waals surface area (Å²) in [5.41, 5.74) is 1.29. The van der Waals surface area contributed by atoms with Crippen LogP contribution in [0.2, 0.25) is 0 Å². The van der Waals surface area contributed by atoms with Crippen molar-refractivity contribution in [2.45, 2.75) is 26.2 Å². The van der Waals surface area contributed by atoms with Crippen LogP contribution in [-0.2, 0) is 0 Å². The van der Waals surface area contributed by atoms with Crippen LogP contribution in [0.4, 0.5) is 26.2 Å². The van der Waals surface area contributed by atoms with Crippen LogP contribution in [0.5, 0.6) is 0 Å². The molecule has 1 saturated heterocycles. The number of benzene rings is 1. The fourth-order valence-electron chi connectivity index (χ4n) is 2.57. The number of aryl methyl sites for hydroxylation is 1. The van der Waals surface area contributed by atoms with Gasteiger partial charge in [0, 0.05) is 36.6 Å². The minimum Gasteiger partial charge on any atom is -0.341 e. The SMILES string of the molecule is Cc1cc(Nc2ccc(F)c(F)c2)nc(N2CCCCC2)n1. The lowest BCUT2D eigenvalue weighted by Crippen LogP contribution is -2.31. The first-order chi connectivity index (χ1) is 10.6. The molecule has 6 heteroatoms. The molecule has 0 spiro atoms. The summed E-state index contributed by atoms with van der Waals surface area (Å²) in [6, 6.07) is 5.48. The zero-order valence-corrected chi connectivity index (χ0v) is 12.4. The van der Waals surface area contributed by atoms with Crippen LogP contribution >= 0.6 is 0 Å². The number of rotatable bonds is 3. The largest absolute Gasteiger partial charge is 0.341 e. The van der Waals surface area contributed by atoms with Gasteiger partial charge in [-0.15, -0.1) is 0 Å². The van der Waals surface area contributed by atoms with Crippen LogP contribution in [0.3, 0.4) is 0 Å². The fraction of sp³-hybridized carbons (Fsp3) is 0.375. The number of nitrogens with zero attached hydrogens (tertiary/aromatic N) is 3. The van der Waals surface area contributed by atoms with Crippen LogP contribution in [0.15, 0.2) is 24.3 Å². The van der Waals surface area contributed by atoms with E-state index < -0.39 is 11.6 Å². The average Bonchev–Trinajstić information content (AvgIpc) is 2.51. The summed E-state index contributed by atoms with van der Waals surface area (Å²) >= 11 is 0. The summed E-state index contributed by atoms with van der Waals surface area (Å²) in [7, 11) is 0. The first-order valence-corrected chi connectivity index (χ1v) is 7.44. The molecule has 22 heavy (non-hydrogen) atoms. The highest BCUT2D eigenvalue weighted by Crippen LogP contribution is 2.22. The van der Waals surface area contributed by atoms with E-state index in [2.05, 4.69) is 20.2 Å². The van der Waals surface area contributed by atoms with Crippen molar-refractivity contribution in [3.8, 4) is 0 Å². The third-order valence-corrected chi connectivity index (χ3v) is 3.67. The molecule has 0 saturated carbocycles. The lowest BCUT2D eigenvalue weighted by atomic mass is 10.1. The Morgan fingerprint density at radius 3 is 2.50 bits per heavy atom. The number of piperidine rings is 1. The van der Waals surface area contributed by atoms with Gasteiger partial charge in [0.25, 0.3) is 0 Å². The second kappa shape index (κ2) is 6.25. The summed E-state index contributed by atoms with van der Waals surface area (Å²) in [5, 5.41) is 3.01. The van der Waals surface area contributed by atoms with Gasteiger partial charge in [0.2, 0.25) is 5.95 Å². The molecule has 1 fully saturated rings. The Labute approximate surface area is 128 Å². The summed E-state index contributed by atoms with van der Waals surface area (Å²) < 4.78 is 26.2. The van der Waals surface area contributed by atoms with Crippen molar-refractivity contribution in [3.05, 3.63) is 41.6 Å². The molecule has 1 aliphatic heterocycles. The summed E-state index contributed by atoms with van der Waals surface area (Å²) in [6.45, 7) is 3.80. The summed E-state index contributed by atoms with van der Waals surface area (Å²) in [6.07, 6.45) is 3.52. The standard InChI is InChI=1S/C16H18F2N4/c1-11-9-15(20-12-5-6-13(17)14(18)10-12)21-16(19-11)22-7-3-2-4-8-22/h5-6,9-10H,2-4,7-8H2,1H3,(H,19,20,21). The topological polar surface area (TPSA) is 41.1 Å². The molecular weight excluding hydrogens is 286 g/mol. The Morgan fingerprint density at radius 2 is 1.77 bits per heavy atom. The predicted molar refractivity (Wildman–Crippen MR) is 82.5 cm³/mol. The molecule has 116 valence electrons. The van der Waals surface area contributed by atoms with Crippen molar-refractivity contribution in [3.63, 3.8) is 0 Å². The molecule has 2 aromatic rings. The first-order valence-electron chi connectivity index (χ1n) is 7.44. The van der Waals surface area contributed by atoms with E-state index in [4.69, 9.17) is 0 Å². The fourth-order valence-corrected chi connectivity index (χ4v) is 2.57. The normalized spacial score (nSPS) is 15.0. The minimum atomic E-state index is -0.882. The zero-order valence-electron chi connectivity index (χ0n) is 12.4. The molecule has 1 aliphatic rings. The monoisotopic (exact) mass is 304 g/mol. The van der Waals surface area contributed by atoms with Gasteiger partial charge in [0.05, 0.1) is 0 Å². The highest BCUT2D eigenvalue weighted by atomic mass is 19.2. The van der Waals surface area contributed by atoms with E-state index >= 15 is 0 Å². The lowest BCUT2D eigenvalue weighted by Gasteiger charge is -2.27. The van der Waals surface area contributed by atoms with E-state index in [1.807, 2.05) is 6.92 Å². The van der Waals surface area contributed by atoms with Crippen LogP contribution in [0.25, 0.3) is 0 Å². The lowest BCUT2D eigenvalue weighted by molar-refractivity contribution is 0.509. The smallest absolute Gasteiger partial charge is 0.227 e. The minimum absolute atomic E-state index is 0.460. The molecule has 3 rings (SSSR count). The Hall–Kier alpha value is -2.24. The second-order valence-electron chi connectivity index (χ2n) is 5.50. The van der Waals surface area contributed by atoms with E-state index in [1.165, 1.54) is 12.5 Å². The number of nitrogens with one attached hydrogen (secondary N) is 1. The van der Waals surface area contributed by atoms with Crippen LogP contribution in [0.1, 0.15) is 25.0 Å². The average molecular weight is 304 g/mol. The highest BCUT2D eigenvalue weighted by Gasteiger charge is 2.15. The summed E-state index contributed by atoms with van der Waals surface area (Å²) in [5.74, 6) is -0.477. The van der Waals surface area contributed by atoms with Crippen LogP contribution < -0.4 is 10.2 Å². The molecule has 0 unspecified atom stereocenters. The maximum absolute atomic E-state index is 13.3. The Bertz CT molecular complexity index is 669. The van der Waals surface area contributed by atoms with Gasteiger partial charge < -0.3 is 10.2 Å². The summed E-state index contributed by atoms with van der Waals surface area (Å²) in [4.78, 5) is 11.1. The third kappa shape index (κ3) is 3.32. The Balaban J connectivity index is 1.83. The van der Waals surface area contributed by atoms with Crippen molar-refractivity contribution in [1.29, 1.82) is 0 Å². The Morgan fingerprint density at radius 1 is 1.00 bits per heavy atom. The molecule has 0 aliphatic carbocycles. The first kappa shape index (κ1) is 14.7. The van der Waals surface area contributed by atoms with E-state index in [0.29, 0.717) is 17.5 Å². The number of hydrogen-bond donors (Lipinski definition) is 1. The van der Waals surface area contributed by atoms with Crippen LogP contribution in [0, 0.1) is 18.6 Å². The number of hydrogen-bond acceptors (Lipinski definition) is 4. The molecule has 1 aromatic carbocycles. The molecule has 0 bridgehead atoms. The van der Waals surface area contributed by atoms with E-state index in [0.717, 1.165) is 43.8 Å². The third-order valence-electron chi connectivity index (χ3n) is 3.67. The van der Waals surface area contributed by atoms with E-state index in [9.17, 15) is 8.78 Å². The van der Waals surface area contributed by atoms with Crippen molar-refractivity contribution < 1.29 is 8.78 Å². The van der Waals surface area contributed by atoms with Crippen molar-refractivity contribution in [2.75, 3.05) is 23.3 Å². The maximum atomic E-state index is 13.3. The van der Waals surface area contributed by atoms with Gasteiger partial charge in [-0.1, -0.05) is 0 Å². The zero-order chi connectivity index (χ0) is 15.5. The predicted octanol–water partition coefficient (Wildman–Crippen LogP) is 3.80. The molecule has 0 atom stereocenters. The van der Waals surface area contributed by atoms with Gasteiger partial charge in [-0.25, -0.2) is 13.8 Å². The van der Waals surface area contributed by atoms with Gasteiger partial charge in [0.1, 0.15) is 5.82 Å². The number of anilines is 3. The van der Waals surface area contributed by atoms with Gasteiger partial charge in [-0.2, -0.15) is 4.98 Å². The maximum Gasteiger partial charge on any atom is 0.227 e. The molecule has 1 N–H and O–H groups in total. The van der Waals surface area contributed by atoms with Crippen LogP contribution in [-0.4, -0.2) is 23.1 Å². The van der Waals surface area contributed by atoms with Crippen molar-refractivity contribution in [1.82, 2.24) is 9.97 Å². The van der Waals surface area contributed by atoms with E-state index in [1.54, 1.807) is 6.07 Å². The van der Waals surface area contributed by atoms with Gasteiger partial charge >= 0.3 is 0 Å². The molecule has 2 heterocycles. The van der Waals surface area contributed by atoms with Gasteiger partial charge in [-0.3, -0.25) is 0 Å². The van der Waals surface area contributed by atoms with Gasteiger partial charge in [-0.05, 0) is 38.3 Å². The quantitative estimate of drug-likeness (QED) is 0.936. The Kier molecular flexibility index (Phi) is 4.18. The molecule has 0 amide bonds. The van der Waals surface area contributed by atoms with Gasteiger partial charge in [0.15, 0.2) is 11.6 Å². The number of halogens is 2. The molecule has 0 radical (unpaired) electrons. The number of aromatic nitrogens is 2.